The van der Waals surface area contributed by atoms with E-state index in [-0.39, 0.29) is 30.3 Å². The normalized spacial score (nSPS) is 18.5. The topological polar surface area (TPSA) is 202 Å². The highest BCUT2D eigenvalue weighted by Gasteiger charge is 2.45. The summed E-state index contributed by atoms with van der Waals surface area (Å²) in [5, 5.41) is 4.37. The first-order valence-corrected chi connectivity index (χ1v) is 19.1. The Kier molecular flexibility index (Phi) is 10.7. The zero-order valence-corrected chi connectivity index (χ0v) is 31.6. The van der Waals surface area contributed by atoms with Crippen molar-refractivity contribution in [1.29, 1.82) is 0 Å². The fourth-order valence-electron chi connectivity index (χ4n) is 7.50. The molecular weight excluding hydrogens is 723 g/mol. The van der Waals surface area contributed by atoms with Crippen molar-refractivity contribution in [3.8, 4) is 33.6 Å². The number of thiazole rings is 1. The van der Waals surface area contributed by atoms with E-state index in [1.807, 2.05) is 29.6 Å². The third kappa shape index (κ3) is 7.94. The fourth-order valence-corrected chi connectivity index (χ4v) is 8.05. The van der Waals surface area contributed by atoms with Crippen LogP contribution in [-0.2, 0) is 25.5 Å². The average molecular weight is 766 g/mol. The van der Waals surface area contributed by atoms with E-state index >= 15 is 0 Å². The summed E-state index contributed by atoms with van der Waals surface area (Å²) in [6.07, 6.45) is 5.13. The van der Waals surface area contributed by atoms with E-state index in [9.17, 15) is 19.2 Å². The highest BCUT2D eigenvalue weighted by Crippen LogP contribution is 2.36. The van der Waals surface area contributed by atoms with Crippen LogP contribution in [0.4, 0.5) is 9.59 Å². The van der Waals surface area contributed by atoms with Gasteiger partial charge in [0.05, 0.1) is 54.2 Å². The molecule has 5 aromatic rings. The molecule has 15 nitrogen and oxygen atoms in total. The van der Waals surface area contributed by atoms with Gasteiger partial charge in [-0.25, -0.2) is 24.5 Å². The zero-order valence-electron chi connectivity index (χ0n) is 30.8. The summed E-state index contributed by atoms with van der Waals surface area (Å²) >= 11 is 1.40. The van der Waals surface area contributed by atoms with Gasteiger partial charge in [0, 0.05) is 24.9 Å². The van der Waals surface area contributed by atoms with Crippen molar-refractivity contribution < 1.29 is 28.7 Å². The Morgan fingerprint density at radius 2 is 1.40 bits per heavy atom. The molecule has 2 saturated heterocycles. The molecule has 16 heteroatoms. The summed E-state index contributed by atoms with van der Waals surface area (Å²) in [5.74, 6) is 0.857. The summed E-state index contributed by atoms with van der Waals surface area (Å²) < 4.78 is 10.1. The molecule has 4 amide bonds. The van der Waals surface area contributed by atoms with Gasteiger partial charge in [0.25, 0.3) is 5.91 Å². The minimum absolute atomic E-state index is 0.117. The maximum atomic E-state index is 13.9. The van der Waals surface area contributed by atoms with Crippen molar-refractivity contribution in [2.45, 2.75) is 69.7 Å². The SMILES string of the molecule is COC(=O)N[C@@H](C)C(=O)N1CCC[C@H]1c1ncc(-c2ccc(-c3ccc(-c4cnc([C@@H]5CCCN5C(=O)[C@](C)(Cc5cscn5)OC(N)=O)[nH]4)cc3)cc2)[nH]1. The lowest BCUT2D eigenvalue weighted by Crippen LogP contribution is -2.52. The van der Waals surface area contributed by atoms with Crippen LogP contribution in [0.15, 0.2) is 71.8 Å². The van der Waals surface area contributed by atoms with Crippen molar-refractivity contribution in [3.63, 3.8) is 0 Å². The molecule has 2 fully saturated rings. The van der Waals surface area contributed by atoms with Gasteiger partial charge in [-0.1, -0.05) is 48.5 Å². The number of rotatable bonds is 11. The van der Waals surface area contributed by atoms with E-state index in [4.69, 9.17) is 10.5 Å². The predicted molar refractivity (Wildman–Crippen MR) is 204 cm³/mol. The molecule has 3 aromatic heterocycles. The number of primary amides is 1. The minimum atomic E-state index is -1.50. The van der Waals surface area contributed by atoms with Crippen LogP contribution < -0.4 is 11.1 Å². The number of benzene rings is 2. The minimum Gasteiger partial charge on any atom is -0.453 e. The summed E-state index contributed by atoms with van der Waals surface area (Å²) in [6.45, 7) is 4.32. The number of hydrogen-bond acceptors (Lipinski definition) is 10. The first kappa shape index (κ1) is 37.3. The molecule has 7 rings (SSSR count). The molecule has 0 aliphatic carbocycles. The molecule has 55 heavy (non-hydrogen) atoms. The van der Waals surface area contributed by atoms with Gasteiger partial charge in [0.15, 0.2) is 5.60 Å². The van der Waals surface area contributed by atoms with Crippen molar-refractivity contribution >= 4 is 35.3 Å². The molecule has 286 valence electrons. The Bertz CT molecular complexity index is 2150. The second-order valence-electron chi connectivity index (χ2n) is 14.0. The van der Waals surface area contributed by atoms with Gasteiger partial charge in [-0.2, -0.15) is 0 Å². The van der Waals surface area contributed by atoms with Gasteiger partial charge < -0.3 is 40.3 Å². The third-order valence-corrected chi connectivity index (χ3v) is 10.9. The molecule has 5 N–H and O–H groups in total. The number of nitrogens with zero attached hydrogens (tertiary/aromatic N) is 5. The van der Waals surface area contributed by atoms with Crippen molar-refractivity contribution in [2.75, 3.05) is 20.2 Å². The molecule has 2 aliphatic rings. The van der Waals surface area contributed by atoms with Crippen molar-refractivity contribution in [2.24, 2.45) is 5.73 Å². The van der Waals surface area contributed by atoms with Crippen LogP contribution in [0.3, 0.4) is 0 Å². The molecule has 5 heterocycles. The summed E-state index contributed by atoms with van der Waals surface area (Å²) in [4.78, 5) is 74.4. The number of amides is 4. The Balaban J connectivity index is 1.00. The summed E-state index contributed by atoms with van der Waals surface area (Å²) in [7, 11) is 1.27. The van der Waals surface area contributed by atoms with Gasteiger partial charge in [-0.05, 0) is 61.8 Å². The number of aromatic amines is 2. The number of alkyl carbamates (subject to hydrolysis) is 1. The molecule has 0 unspecified atom stereocenters. The molecule has 2 aliphatic heterocycles. The van der Waals surface area contributed by atoms with E-state index in [0.717, 1.165) is 52.9 Å². The number of H-pyrrole nitrogens is 2. The monoisotopic (exact) mass is 765 g/mol. The number of aromatic nitrogens is 5. The lowest BCUT2D eigenvalue weighted by molar-refractivity contribution is -0.150. The van der Waals surface area contributed by atoms with Crippen LogP contribution in [0, 0.1) is 0 Å². The van der Waals surface area contributed by atoms with Crippen LogP contribution in [0.25, 0.3) is 33.6 Å². The Hall–Kier alpha value is -6.03. The van der Waals surface area contributed by atoms with Gasteiger partial charge in [0.1, 0.15) is 17.7 Å². The molecular formula is C39H43N9O6S. The number of nitrogens with one attached hydrogen (secondary N) is 3. The number of carbonyl (C=O) groups is 4. The first-order valence-electron chi connectivity index (χ1n) is 18.2. The van der Waals surface area contributed by atoms with Gasteiger partial charge >= 0.3 is 12.2 Å². The van der Waals surface area contributed by atoms with E-state index in [1.165, 1.54) is 18.4 Å². The number of likely N-dealkylation sites (tertiary alicyclic amines) is 2. The van der Waals surface area contributed by atoms with Crippen LogP contribution in [0.2, 0.25) is 0 Å². The lowest BCUT2D eigenvalue weighted by Gasteiger charge is -2.33. The van der Waals surface area contributed by atoms with E-state index in [2.05, 4.69) is 59.2 Å². The fraction of sp³-hybridized carbons (Fsp3) is 0.359. The average Bonchev–Trinajstić information content (AvgIpc) is 4.03. The number of ether oxygens (including phenoxy) is 2. The van der Waals surface area contributed by atoms with Crippen LogP contribution >= 0.6 is 11.3 Å². The molecule has 0 saturated carbocycles. The van der Waals surface area contributed by atoms with Crippen LogP contribution in [0.1, 0.15) is 69.0 Å². The Labute approximate surface area is 321 Å². The van der Waals surface area contributed by atoms with Crippen LogP contribution in [-0.4, -0.2) is 90.6 Å². The number of hydrogen-bond donors (Lipinski definition) is 4. The lowest BCUT2D eigenvalue weighted by atomic mass is 9.97. The molecule has 2 aromatic carbocycles. The maximum absolute atomic E-state index is 13.9. The van der Waals surface area contributed by atoms with Gasteiger partial charge in [-0.3, -0.25) is 9.59 Å². The van der Waals surface area contributed by atoms with E-state index in [0.29, 0.717) is 36.9 Å². The largest absolute Gasteiger partial charge is 0.453 e. The van der Waals surface area contributed by atoms with Crippen LogP contribution in [0.5, 0.6) is 0 Å². The maximum Gasteiger partial charge on any atom is 0.407 e. The molecule has 0 spiro atoms. The Morgan fingerprint density at radius 1 is 0.873 bits per heavy atom. The van der Waals surface area contributed by atoms with E-state index in [1.54, 1.807) is 41.6 Å². The third-order valence-electron chi connectivity index (χ3n) is 10.3. The van der Waals surface area contributed by atoms with Crippen molar-refractivity contribution in [3.05, 3.63) is 89.2 Å². The smallest absolute Gasteiger partial charge is 0.407 e. The first-order chi connectivity index (χ1) is 26.5. The van der Waals surface area contributed by atoms with Gasteiger partial charge in [-0.15, -0.1) is 11.3 Å². The second kappa shape index (κ2) is 15.8. The quantitative estimate of drug-likeness (QED) is 0.129. The number of carbonyl (C=O) groups excluding carboxylic acids is 4. The zero-order chi connectivity index (χ0) is 38.7. The van der Waals surface area contributed by atoms with Crippen molar-refractivity contribution in [1.82, 2.24) is 40.0 Å². The summed E-state index contributed by atoms with van der Waals surface area (Å²) in [5.41, 5.74) is 11.9. The molecule has 0 radical (unpaired) electrons. The standard InChI is InChI=1S/C39H43N9O6S/c1-23(44-38(52)53-3)35(49)47-16-4-6-31(47)33-41-19-29(45-33)26-12-8-24(9-13-26)25-10-14-27(15-11-25)30-20-42-34(46-30)32-7-5-17-48(32)36(50)39(2,54-37(40)51)18-28-21-55-22-43-28/h8-15,19-23,31-32H,4-7,16-18H2,1-3H3,(H2,40,51)(H,41,45)(H,42,46)(H,44,52)/t23-,31-,32-,39-/m0/s1. The van der Waals surface area contributed by atoms with E-state index < -0.39 is 23.8 Å². The number of methoxy groups -OCH3 is 1. The molecule has 4 atom stereocenters. The Morgan fingerprint density at radius 3 is 1.91 bits per heavy atom. The number of nitrogens with two attached hydrogens (primary N) is 1. The highest BCUT2D eigenvalue weighted by atomic mass is 32.1. The second-order valence-corrected chi connectivity index (χ2v) is 14.7. The predicted octanol–water partition coefficient (Wildman–Crippen LogP) is 5.76. The number of imidazole rings is 2. The van der Waals surface area contributed by atoms with Gasteiger partial charge in [0.2, 0.25) is 5.91 Å². The molecule has 0 bridgehead atoms. The highest BCUT2D eigenvalue weighted by molar-refractivity contribution is 7.07. The summed E-state index contributed by atoms with van der Waals surface area (Å²) in [6, 6.07) is 15.1.